The van der Waals surface area contributed by atoms with E-state index in [4.69, 9.17) is 0 Å². The smallest absolute Gasteiger partial charge is 0.250 e. The molecule has 96 valence electrons. The van der Waals surface area contributed by atoms with E-state index in [0.717, 1.165) is 0 Å². The minimum absolute atomic E-state index is 0.0500. The highest BCUT2D eigenvalue weighted by molar-refractivity contribution is 8.00. The monoisotopic (exact) mass is 291 g/mol. The Hall–Kier alpha value is 0.0900. The minimum atomic E-state index is -0.394. The van der Waals surface area contributed by atoms with Gasteiger partial charge in [0.25, 0.3) is 5.43 Å². The molecule has 2 atom stereocenters. The molecule has 1 aromatic rings. The predicted molar refractivity (Wildman–Crippen MR) is 84.6 cm³/mol. The van der Waals surface area contributed by atoms with Crippen molar-refractivity contribution >= 4 is 41.4 Å². The van der Waals surface area contributed by atoms with Gasteiger partial charge in [-0.3, -0.25) is 9.59 Å². The van der Waals surface area contributed by atoms with Gasteiger partial charge in [0.05, 0.1) is 5.54 Å². The average Bonchev–Trinajstić information content (AvgIpc) is 2.28. The van der Waals surface area contributed by atoms with Crippen LogP contribution in [0.5, 0.6) is 0 Å². The molecule has 0 fully saturated rings. The van der Waals surface area contributed by atoms with E-state index in [-0.39, 0.29) is 10.3 Å². The highest BCUT2D eigenvalue weighted by Gasteiger charge is 2.42. The summed E-state index contributed by atoms with van der Waals surface area (Å²) in [6, 6.07) is 0. The Balaban J connectivity index is 3.19. The van der Waals surface area contributed by atoms with Gasteiger partial charge < -0.3 is 4.67 Å². The Kier molecular flexibility index (Phi) is 4.14. The lowest BCUT2D eigenvalue weighted by molar-refractivity contribution is 0.421. The third-order valence-electron chi connectivity index (χ3n) is 3.75. The van der Waals surface area contributed by atoms with Crippen molar-refractivity contribution in [3.05, 3.63) is 20.4 Å². The van der Waals surface area contributed by atoms with Crippen LogP contribution in [0.3, 0.4) is 0 Å². The van der Waals surface area contributed by atoms with Crippen LogP contribution in [0, 0.1) is 0 Å². The van der Waals surface area contributed by atoms with Crippen LogP contribution in [0.2, 0.25) is 0 Å². The molecule has 2 unspecified atom stereocenters. The normalized spacial score (nSPS) is 13.1. The molecule has 0 bridgehead atoms. The van der Waals surface area contributed by atoms with Crippen molar-refractivity contribution in [1.82, 2.24) is 0 Å². The summed E-state index contributed by atoms with van der Waals surface area (Å²) in [5.41, 5.74) is -0.549. The molecule has 0 saturated carbocycles. The van der Waals surface area contributed by atoms with Gasteiger partial charge in [0.1, 0.15) is 5.69 Å². The molecular weight excluding hydrogens is 272 g/mol. The van der Waals surface area contributed by atoms with Gasteiger partial charge in [0.15, 0.2) is 0 Å². The fraction of sp³-hybridized carbons (Fsp3) is 0.636. The lowest BCUT2D eigenvalue weighted by Crippen LogP contribution is -2.58. The third-order valence-corrected chi connectivity index (χ3v) is 6.71. The molecule has 6 heteroatoms. The second-order valence-electron chi connectivity index (χ2n) is 5.06. The summed E-state index contributed by atoms with van der Waals surface area (Å²) in [4.78, 5) is 22.8. The van der Waals surface area contributed by atoms with Gasteiger partial charge >= 0.3 is 0 Å². The number of anilines is 1. The molecule has 0 aliphatic heterocycles. The van der Waals surface area contributed by atoms with Crippen molar-refractivity contribution in [2.75, 3.05) is 10.9 Å². The maximum absolute atomic E-state index is 11.6. The summed E-state index contributed by atoms with van der Waals surface area (Å²) in [5.74, 6) is 0. The summed E-state index contributed by atoms with van der Waals surface area (Å²) in [7, 11) is 4.92. The molecule has 0 amide bonds. The van der Waals surface area contributed by atoms with Crippen molar-refractivity contribution in [2.24, 2.45) is 0 Å². The van der Waals surface area contributed by atoms with Crippen LogP contribution in [0.25, 0.3) is 0 Å². The fourth-order valence-corrected chi connectivity index (χ4v) is 3.28. The van der Waals surface area contributed by atoms with Crippen molar-refractivity contribution in [3.8, 4) is 0 Å². The third kappa shape index (κ3) is 2.20. The van der Waals surface area contributed by atoms with Gasteiger partial charge in [-0.1, -0.05) is 9.24 Å². The second-order valence-corrected chi connectivity index (χ2v) is 7.59. The van der Waals surface area contributed by atoms with Gasteiger partial charge in [-0.05, 0) is 43.3 Å². The summed E-state index contributed by atoms with van der Waals surface area (Å²) in [5, 5.41) is 0.481. The number of hydrogen-bond acceptors (Lipinski definition) is 4. The van der Waals surface area contributed by atoms with Crippen LogP contribution in [0.15, 0.2) is 9.59 Å². The maximum atomic E-state index is 11.6. The quantitative estimate of drug-likeness (QED) is 0.619. The highest BCUT2D eigenvalue weighted by Crippen LogP contribution is 2.41. The standard InChI is InChI=1S/C11H19NO2P2S/c1-10(2,11(3,4)17-5)12(16)6-7(13)8(14)9(6)15/h15-16H2,1-5H3. The number of rotatable bonds is 4. The summed E-state index contributed by atoms with van der Waals surface area (Å²) < 4.78 is 1.79. The van der Waals surface area contributed by atoms with Crippen LogP contribution in [0.4, 0.5) is 5.69 Å². The molecule has 0 radical (unpaired) electrons. The Labute approximate surface area is 111 Å². The summed E-state index contributed by atoms with van der Waals surface area (Å²) in [6.07, 6.45) is 2.05. The average molecular weight is 291 g/mol. The molecule has 0 saturated heterocycles. The molecule has 1 rings (SSSR count). The van der Waals surface area contributed by atoms with Crippen molar-refractivity contribution in [1.29, 1.82) is 0 Å². The Morgan fingerprint density at radius 2 is 1.59 bits per heavy atom. The molecule has 0 aromatic heterocycles. The van der Waals surface area contributed by atoms with Gasteiger partial charge in [-0.25, -0.2) is 0 Å². The molecule has 0 aliphatic carbocycles. The zero-order valence-electron chi connectivity index (χ0n) is 10.8. The van der Waals surface area contributed by atoms with E-state index in [9.17, 15) is 9.59 Å². The molecule has 0 spiro atoms. The molecule has 0 heterocycles. The largest absolute Gasteiger partial charge is 0.345 e. The molecule has 3 nitrogen and oxygen atoms in total. The van der Waals surface area contributed by atoms with Crippen LogP contribution < -0.4 is 20.8 Å². The zero-order valence-corrected chi connectivity index (χ0v) is 14.0. The minimum Gasteiger partial charge on any atom is -0.345 e. The molecular formula is C11H19NO2P2S. The van der Waals surface area contributed by atoms with Crippen LogP contribution in [0.1, 0.15) is 27.7 Å². The van der Waals surface area contributed by atoms with Crippen LogP contribution >= 0.6 is 30.4 Å². The van der Waals surface area contributed by atoms with Crippen molar-refractivity contribution < 1.29 is 0 Å². The molecule has 0 aliphatic rings. The van der Waals surface area contributed by atoms with E-state index in [0.29, 0.717) is 11.0 Å². The van der Waals surface area contributed by atoms with E-state index in [1.165, 1.54) is 0 Å². The van der Waals surface area contributed by atoms with Gasteiger partial charge in [0, 0.05) is 10.1 Å². The first-order chi connectivity index (χ1) is 7.58. The second kappa shape index (κ2) is 4.64. The van der Waals surface area contributed by atoms with E-state index >= 15 is 0 Å². The topological polar surface area (TPSA) is 37.4 Å². The van der Waals surface area contributed by atoms with Crippen LogP contribution in [-0.2, 0) is 0 Å². The summed E-state index contributed by atoms with van der Waals surface area (Å²) in [6.45, 7) is 8.39. The molecule has 17 heavy (non-hydrogen) atoms. The van der Waals surface area contributed by atoms with Gasteiger partial charge in [0.2, 0.25) is 5.43 Å². The lowest BCUT2D eigenvalue weighted by Gasteiger charge is -2.48. The number of nitrogens with zero attached hydrogens (tertiary/aromatic N) is 1. The Morgan fingerprint density at radius 3 is 1.94 bits per heavy atom. The lowest BCUT2D eigenvalue weighted by atomic mass is 9.89. The number of hydrogen-bond donors (Lipinski definition) is 0. The maximum Gasteiger partial charge on any atom is 0.250 e. The van der Waals surface area contributed by atoms with Crippen molar-refractivity contribution in [3.63, 3.8) is 0 Å². The Morgan fingerprint density at radius 1 is 1.12 bits per heavy atom. The van der Waals surface area contributed by atoms with Crippen LogP contribution in [-0.4, -0.2) is 16.5 Å². The van der Waals surface area contributed by atoms with Gasteiger partial charge in [-0.15, -0.1) is 0 Å². The molecule has 0 N–H and O–H groups in total. The highest BCUT2D eigenvalue weighted by atomic mass is 32.2. The van der Waals surface area contributed by atoms with E-state index in [1.807, 2.05) is 10.9 Å². The Bertz CT molecular complexity index is 504. The fourth-order valence-electron chi connectivity index (χ4n) is 1.46. The van der Waals surface area contributed by atoms with E-state index in [2.05, 4.69) is 46.3 Å². The first-order valence-corrected chi connectivity index (χ1v) is 7.58. The predicted octanol–water partition coefficient (Wildman–Crippen LogP) is 1.30. The molecule has 1 aromatic carbocycles. The van der Waals surface area contributed by atoms with E-state index < -0.39 is 10.9 Å². The zero-order chi connectivity index (χ0) is 13.6. The van der Waals surface area contributed by atoms with Crippen molar-refractivity contribution in [2.45, 2.75) is 38.0 Å². The SMILES string of the molecule is CSC(C)(C)C(C)(C)N(P)c1c(P)c(=O)c1=O. The summed E-state index contributed by atoms with van der Waals surface area (Å²) >= 11 is 1.74. The first kappa shape index (κ1) is 15.1. The first-order valence-electron chi connectivity index (χ1n) is 5.26. The number of thioether (sulfide) groups is 1. The van der Waals surface area contributed by atoms with E-state index in [1.54, 1.807) is 11.8 Å². The van der Waals surface area contributed by atoms with Gasteiger partial charge in [-0.2, -0.15) is 11.8 Å².